The zero-order valence-corrected chi connectivity index (χ0v) is 12.7. The van der Waals surface area contributed by atoms with Gasteiger partial charge in [0.05, 0.1) is 6.10 Å². The number of aliphatic hydroxyl groups is 1. The molecule has 1 unspecified atom stereocenters. The van der Waals surface area contributed by atoms with Crippen molar-refractivity contribution in [2.45, 2.75) is 36.6 Å². The van der Waals surface area contributed by atoms with Gasteiger partial charge in [0, 0.05) is 18.2 Å². The van der Waals surface area contributed by atoms with Crippen molar-refractivity contribution in [3.05, 3.63) is 54.4 Å². The average molecular weight is 301 g/mol. The summed E-state index contributed by atoms with van der Waals surface area (Å²) in [7, 11) is 0. The minimum atomic E-state index is -0.491. The minimum absolute atomic E-state index is 0.491. The first-order valence-corrected chi connectivity index (χ1v) is 8.18. The molecule has 110 valence electrons. The van der Waals surface area contributed by atoms with Crippen molar-refractivity contribution in [1.29, 1.82) is 0 Å². The van der Waals surface area contributed by atoms with Gasteiger partial charge in [-0.3, -0.25) is 0 Å². The Morgan fingerprint density at radius 1 is 1.33 bits per heavy atom. The highest BCUT2D eigenvalue weighted by molar-refractivity contribution is 7.99. The van der Waals surface area contributed by atoms with E-state index in [0.717, 1.165) is 23.1 Å². The van der Waals surface area contributed by atoms with Crippen LogP contribution in [0.4, 0.5) is 0 Å². The van der Waals surface area contributed by atoms with Crippen molar-refractivity contribution in [2.75, 3.05) is 5.75 Å². The molecule has 1 aliphatic rings. The molecule has 1 N–H and O–H groups in total. The maximum absolute atomic E-state index is 10.2. The summed E-state index contributed by atoms with van der Waals surface area (Å²) in [6.07, 6.45) is 3.78. The lowest BCUT2D eigenvalue weighted by molar-refractivity contribution is 0.204. The molecule has 1 heterocycles. The molecule has 0 spiro atoms. The second kappa shape index (κ2) is 6.45. The first-order valence-electron chi connectivity index (χ1n) is 7.19. The van der Waals surface area contributed by atoms with Crippen LogP contribution in [0.5, 0.6) is 0 Å². The van der Waals surface area contributed by atoms with Crippen LogP contribution in [0.25, 0.3) is 0 Å². The van der Waals surface area contributed by atoms with E-state index in [9.17, 15) is 5.11 Å². The highest BCUT2D eigenvalue weighted by Crippen LogP contribution is 2.40. The molecule has 0 saturated heterocycles. The number of rotatable bonds is 7. The highest BCUT2D eigenvalue weighted by atomic mass is 32.2. The topological polar surface area (TPSA) is 50.9 Å². The molecule has 1 aromatic carbocycles. The fourth-order valence-electron chi connectivity index (χ4n) is 2.28. The smallest absolute Gasteiger partial charge is 0.191 e. The minimum Gasteiger partial charge on any atom is -0.388 e. The van der Waals surface area contributed by atoms with Crippen LogP contribution in [0.15, 0.2) is 48.1 Å². The largest absolute Gasteiger partial charge is 0.388 e. The van der Waals surface area contributed by atoms with Crippen LogP contribution in [-0.2, 0) is 6.54 Å². The summed E-state index contributed by atoms with van der Waals surface area (Å²) in [6.45, 7) is 4.53. The number of hydrogen-bond donors (Lipinski definition) is 1. The Hall–Kier alpha value is -1.59. The number of thioether (sulfide) groups is 1. The van der Waals surface area contributed by atoms with Gasteiger partial charge in [0.15, 0.2) is 5.16 Å². The Labute approximate surface area is 128 Å². The second-order valence-corrected chi connectivity index (χ2v) is 6.24. The van der Waals surface area contributed by atoms with Gasteiger partial charge in [-0.1, -0.05) is 48.2 Å². The predicted octanol–water partition coefficient (Wildman–Crippen LogP) is 3.17. The molecule has 21 heavy (non-hydrogen) atoms. The maximum atomic E-state index is 10.2. The molecule has 2 aromatic rings. The Kier molecular flexibility index (Phi) is 4.41. The monoisotopic (exact) mass is 301 g/mol. The Morgan fingerprint density at radius 2 is 2.10 bits per heavy atom. The second-order valence-electron chi connectivity index (χ2n) is 5.25. The Morgan fingerprint density at radius 3 is 2.76 bits per heavy atom. The van der Waals surface area contributed by atoms with Gasteiger partial charge in [0.1, 0.15) is 5.82 Å². The molecule has 1 fully saturated rings. The van der Waals surface area contributed by atoms with Gasteiger partial charge in [-0.2, -0.15) is 0 Å². The van der Waals surface area contributed by atoms with Gasteiger partial charge in [0.2, 0.25) is 0 Å². The van der Waals surface area contributed by atoms with Crippen LogP contribution in [-0.4, -0.2) is 25.6 Å². The average Bonchev–Trinajstić information content (AvgIpc) is 3.29. The van der Waals surface area contributed by atoms with E-state index >= 15 is 0 Å². The van der Waals surface area contributed by atoms with Gasteiger partial charge in [-0.25, -0.2) is 0 Å². The zero-order valence-electron chi connectivity index (χ0n) is 11.9. The van der Waals surface area contributed by atoms with E-state index in [1.807, 2.05) is 36.4 Å². The zero-order chi connectivity index (χ0) is 14.7. The standard InChI is InChI=1S/C16H19N3OS/c1-2-10-19-15(13-8-9-13)17-18-16(19)21-11-14(20)12-6-4-3-5-7-12/h2-7,13-14,20H,1,8-11H2. The first kappa shape index (κ1) is 14.4. The number of aromatic nitrogens is 3. The third kappa shape index (κ3) is 3.36. The highest BCUT2D eigenvalue weighted by Gasteiger charge is 2.30. The van der Waals surface area contributed by atoms with Crippen molar-refractivity contribution >= 4 is 11.8 Å². The molecule has 1 saturated carbocycles. The summed E-state index contributed by atoms with van der Waals surface area (Å²) < 4.78 is 2.12. The molecule has 3 rings (SSSR count). The summed E-state index contributed by atoms with van der Waals surface area (Å²) in [6, 6.07) is 9.71. The van der Waals surface area contributed by atoms with Crippen LogP contribution in [0.3, 0.4) is 0 Å². The molecule has 0 aliphatic heterocycles. The van der Waals surface area contributed by atoms with Gasteiger partial charge in [-0.15, -0.1) is 16.8 Å². The molecule has 1 aromatic heterocycles. The summed E-state index contributed by atoms with van der Waals surface area (Å²) >= 11 is 1.55. The van der Waals surface area contributed by atoms with Crippen molar-refractivity contribution in [3.63, 3.8) is 0 Å². The first-order chi connectivity index (χ1) is 10.3. The van der Waals surface area contributed by atoms with E-state index in [1.54, 1.807) is 11.8 Å². The number of allylic oxidation sites excluding steroid dienone is 1. The summed E-state index contributed by atoms with van der Waals surface area (Å²) in [5, 5.41) is 19.7. The number of benzene rings is 1. The molecular formula is C16H19N3OS. The third-order valence-corrected chi connectivity index (χ3v) is 4.60. The molecule has 1 aliphatic carbocycles. The van der Waals surface area contributed by atoms with Crippen LogP contribution in [0, 0.1) is 0 Å². The van der Waals surface area contributed by atoms with Crippen molar-refractivity contribution < 1.29 is 5.11 Å². The summed E-state index contributed by atoms with van der Waals surface area (Å²) in [5.74, 6) is 2.20. The van der Waals surface area contributed by atoms with Crippen LogP contribution < -0.4 is 0 Å². The number of nitrogens with zero attached hydrogens (tertiary/aromatic N) is 3. The maximum Gasteiger partial charge on any atom is 0.191 e. The summed E-state index contributed by atoms with van der Waals surface area (Å²) in [4.78, 5) is 0. The molecule has 0 bridgehead atoms. The molecule has 5 heteroatoms. The fraction of sp³-hybridized carbons (Fsp3) is 0.375. The van der Waals surface area contributed by atoms with E-state index in [1.165, 1.54) is 12.8 Å². The van der Waals surface area contributed by atoms with Gasteiger partial charge < -0.3 is 9.67 Å². The molecule has 0 radical (unpaired) electrons. The van der Waals surface area contributed by atoms with Crippen molar-refractivity contribution in [1.82, 2.24) is 14.8 Å². The molecular weight excluding hydrogens is 282 g/mol. The molecule has 1 atom stereocenters. The van der Waals surface area contributed by atoms with Crippen LogP contribution in [0.2, 0.25) is 0 Å². The van der Waals surface area contributed by atoms with Crippen molar-refractivity contribution in [3.8, 4) is 0 Å². The Bertz CT molecular complexity index is 607. The fourth-order valence-corrected chi connectivity index (χ4v) is 3.20. The lowest BCUT2D eigenvalue weighted by Gasteiger charge is -2.11. The SMILES string of the molecule is C=CCn1c(SCC(O)c2ccccc2)nnc1C1CC1. The normalized spacial score (nSPS) is 15.9. The lowest BCUT2D eigenvalue weighted by Crippen LogP contribution is -2.05. The van der Waals surface area contributed by atoms with Crippen LogP contribution in [0.1, 0.15) is 36.3 Å². The molecule has 0 amide bonds. The van der Waals surface area contributed by atoms with E-state index in [4.69, 9.17) is 0 Å². The third-order valence-electron chi connectivity index (χ3n) is 3.55. The van der Waals surface area contributed by atoms with Crippen molar-refractivity contribution in [2.24, 2.45) is 0 Å². The van der Waals surface area contributed by atoms with Gasteiger partial charge in [-0.05, 0) is 18.4 Å². The summed E-state index contributed by atoms with van der Waals surface area (Å²) in [5.41, 5.74) is 0.933. The van der Waals surface area contributed by atoms with E-state index in [2.05, 4.69) is 21.3 Å². The predicted molar refractivity (Wildman–Crippen MR) is 84.3 cm³/mol. The quantitative estimate of drug-likeness (QED) is 0.630. The number of hydrogen-bond acceptors (Lipinski definition) is 4. The lowest BCUT2D eigenvalue weighted by atomic mass is 10.1. The van der Waals surface area contributed by atoms with E-state index in [0.29, 0.717) is 11.7 Å². The van der Waals surface area contributed by atoms with Gasteiger partial charge >= 0.3 is 0 Å². The number of aliphatic hydroxyl groups excluding tert-OH is 1. The van der Waals surface area contributed by atoms with E-state index < -0.39 is 6.10 Å². The van der Waals surface area contributed by atoms with E-state index in [-0.39, 0.29) is 0 Å². The van der Waals surface area contributed by atoms with Crippen LogP contribution >= 0.6 is 11.8 Å². The Balaban J connectivity index is 1.68. The molecule has 4 nitrogen and oxygen atoms in total. The van der Waals surface area contributed by atoms with Gasteiger partial charge in [0.25, 0.3) is 0 Å².